The second-order valence-electron chi connectivity index (χ2n) is 6.87. The van der Waals surface area contributed by atoms with Gasteiger partial charge in [0.15, 0.2) is 5.75 Å². The van der Waals surface area contributed by atoms with Crippen LogP contribution in [0.5, 0.6) is 5.75 Å². The van der Waals surface area contributed by atoms with E-state index >= 15 is 0 Å². The van der Waals surface area contributed by atoms with Crippen LogP contribution < -0.4 is 4.18 Å². The number of carbonyl (C=O) groups excluding carboxylic acids is 1. The predicted octanol–water partition coefficient (Wildman–Crippen LogP) is 5.15. The Morgan fingerprint density at radius 1 is 1.11 bits per heavy atom. The van der Waals surface area contributed by atoms with Crippen LogP contribution in [0.25, 0.3) is 5.69 Å². The number of rotatable bonds is 6. The fourth-order valence-electron chi connectivity index (χ4n) is 3.04. The minimum absolute atomic E-state index is 0.301. The summed E-state index contributed by atoms with van der Waals surface area (Å²) in [6, 6.07) is 8.20. The Morgan fingerprint density at radius 3 is 2.23 bits per heavy atom. The van der Waals surface area contributed by atoms with Gasteiger partial charge in [0.25, 0.3) is 0 Å². The van der Waals surface area contributed by atoms with Crippen LogP contribution in [0.15, 0.2) is 48.8 Å². The largest absolute Gasteiger partial charge is 0.534 e. The van der Waals surface area contributed by atoms with Gasteiger partial charge < -0.3 is 8.92 Å². The van der Waals surface area contributed by atoms with Crippen molar-refractivity contribution in [3.05, 3.63) is 76.1 Å². The van der Waals surface area contributed by atoms with Crippen molar-refractivity contribution in [3.8, 4) is 11.4 Å². The van der Waals surface area contributed by atoms with E-state index in [4.69, 9.17) is 11.6 Å². The molecule has 0 unspecified atom stereocenters. The summed E-state index contributed by atoms with van der Waals surface area (Å²) in [6.45, 7) is 0. The first-order chi connectivity index (χ1) is 16.2. The van der Waals surface area contributed by atoms with Crippen LogP contribution in [0.3, 0.4) is 0 Å². The Hall–Kier alpha value is -3.26. The lowest BCUT2D eigenvalue weighted by atomic mass is 9.96. The van der Waals surface area contributed by atoms with E-state index in [0.717, 1.165) is 7.11 Å². The van der Waals surface area contributed by atoms with Crippen molar-refractivity contribution in [2.24, 2.45) is 0 Å². The quantitative estimate of drug-likeness (QED) is 0.185. The summed E-state index contributed by atoms with van der Waals surface area (Å²) < 4.78 is 113. The van der Waals surface area contributed by atoms with Gasteiger partial charge >= 0.3 is 27.8 Å². The number of ether oxygens (including phenoxy) is 1. The zero-order valence-electron chi connectivity index (χ0n) is 17.3. The average Bonchev–Trinajstić information content (AvgIpc) is 3.28. The van der Waals surface area contributed by atoms with Crippen molar-refractivity contribution >= 4 is 27.7 Å². The topological polar surface area (TPSA) is 87.5 Å². The van der Waals surface area contributed by atoms with Gasteiger partial charge in [-0.05, 0) is 41.8 Å². The standard InChI is InChI=1S/C20H13ClF6N2O5S/c1-33-18(30)14-10-12(9-11-3-5-13(6-4-11)29-8-2-7-28-29)15(19(22,23)24)16(21)17(14)34-35(31,32)20(25,26)27/h2-8,10H,9H2,1H3. The molecule has 0 saturated carbocycles. The van der Waals surface area contributed by atoms with Crippen LogP contribution >= 0.6 is 11.6 Å². The zero-order valence-corrected chi connectivity index (χ0v) is 18.9. The highest BCUT2D eigenvalue weighted by Gasteiger charge is 2.50. The monoisotopic (exact) mass is 542 g/mol. The number of halogens is 7. The first kappa shape index (κ1) is 26.3. The van der Waals surface area contributed by atoms with Crippen LogP contribution in [0.4, 0.5) is 26.3 Å². The van der Waals surface area contributed by atoms with E-state index in [2.05, 4.69) is 14.0 Å². The molecule has 188 valence electrons. The highest BCUT2D eigenvalue weighted by atomic mass is 35.5. The van der Waals surface area contributed by atoms with Crippen molar-refractivity contribution in [3.63, 3.8) is 0 Å². The molecule has 0 spiro atoms. The highest BCUT2D eigenvalue weighted by molar-refractivity contribution is 7.88. The minimum Gasteiger partial charge on any atom is -0.465 e. The summed E-state index contributed by atoms with van der Waals surface area (Å²) in [5.74, 6) is -3.12. The molecule has 0 bridgehead atoms. The van der Waals surface area contributed by atoms with Crippen LogP contribution in [-0.4, -0.2) is 36.8 Å². The average molecular weight is 543 g/mol. The van der Waals surface area contributed by atoms with Gasteiger partial charge in [-0.2, -0.15) is 39.9 Å². The number of carbonyl (C=O) groups is 1. The molecule has 3 aromatic rings. The van der Waals surface area contributed by atoms with E-state index in [0.29, 0.717) is 17.3 Å². The molecule has 0 aliphatic rings. The molecule has 3 rings (SSSR count). The van der Waals surface area contributed by atoms with Crippen molar-refractivity contribution < 1.29 is 48.5 Å². The summed E-state index contributed by atoms with van der Waals surface area (Å²) in [5, 5.41) is 2.47. The van der Waals surface area contributed by atoms with E-state index in [1.807, 2.05) is 0 Å². The van der Waals surface area contributed by atoms with E-state index in [1.54, 1.807) is 24.4 Å². The van der Waals surface area contributed by atoms with E-state index in [-0.39, 0.29) is 0 Å². The fourth-order valence-corrected chi connectivity index (χ4v) is 3.94. The number of esters is 1. The molecule has 0 aliphatic heterocycles. The summed E-state index contributed by atoms with van der Waals surface area (Å²) >= 11 is 5.72. The molecular formula is C20H13ClF6N2O5S. The SMILES string of the molecule is COC(=O)c1cc(Cc2ccc(-n3cccn3)cc2)c(C(F)(F)F)c(Cl)c1OS(=O)(=O)C(F)(F)F. The van der Waals surface area contributed by atoms with Gasteiger partial charge in [0.05, 0.1) is 23.4 Å². The minimum atomic E-state index is -6.47. The normalized spacial score (nSPS) is 12.5. The lowest BCUT2D eigenvalue weighted by molar-refractivity contribution is -0.138. The van der Waals surface area contributed by atoms with Crippen LogP contribution in [-0.2, 0) is 27.5 Å². The molecule has 35 heavy (non-hydrogen) atoms. The predicted molar refractivity (Wildman–Crippen MR) is 110 cm³/mol. The molecular weight excluding hydrogens is 530 g/mol. The number of alkyl halides is 6. The molecule has 0 aliphatic carbocycles. The third-order valence-corrected chi connectivity index (χ3v) is 5.88. The van der Waals surface area contributed by atoms with Gasteiger partial charge in [-0.1, -0.05) is 23.7 Å². The van der Waals surface area contributed by atoms with Gasteiger partial charge in [0.1, 0.15) is 5.56 Å². The Labute approximate surface area is 198 Å². The first-order valence-electron chi connectivity index (χ1n) is 9.26. The molecule has 0 atom stereocenters. The third-order valence-electron chi connectivity index (χ3n) is 4.57. The van der Waals surface area contributed by atoms with E-state index in [9.17, 15) is 39.6 Å². The number of methoxy groups -OCH3 is 1. The maximum atomic E-state index is 13.9. The molecule has 1 heterocycles. The van der Waals surface area contributed by atoms with Gasteiger partial charge in [0.2, 0.25) is 0 Å². The number of benzene rings is 2. The zero-order chi connectivity index (χ0) is 26.2. The molecule has 0 N–H and O–H groups in total. The van der Waals surface area contributed by atoms with Crippen LogP contribution in [0.1, 0.15) is 27.0 Å². The molecule has 0 radical (unpaired) electrons. The van der Waals surface area contributed by atoms with E-state index < -0.39 is 61.7 Å². The Morgan fingerprint density at radius 2 is 1.74 bits per heavy atom. The Kier molecular flexibility index (Phi) is 7.09. The summed E-state index contributed by atoms with van der Waals surface area (Å²) in [4.78, 5) is 12.1. The van der Waals surface area contributed by atoms with Crippen molar-refractivity contribution in [1.29, 1.82) is 0 Å². The maximum Gasteiger partial charge on any atom is 0.534 e. The van der Waals surface area contributed by atoms with Crippen LogP contribution in [0.2, 0.25) is 5.02 Å². The van der Waals surface area contributed by atoms with Crippen molar-refractivity contribution in [2.45, 2.75) is 18.1 Å². The third kappa shape index (κ3) is 5.53. The Balaban J connectivity index is 2.16. The Bertz CT molecular complexity index is 1340. The van der Waals surface area contributed by atoms with Gasteiger partial charge in [-0.15, -0.1) is 0 Å². The van der Waals surface area contributed by atoms with Gasteiger partial charge in [-0.3, -0.25) is 0 Å². The molecule has 0 fully saturated rings. The summed E-state index contributed by atoms with van der Waals surface area (Å²) in [5.41, 5.74) is -8.46. The number of hydrogen-bond donors (Lipinski definition) is 0. The summed E-state index contributed by atoms with van der Waals surface area (Å²) in [7, 11) is -5.68. The van der Waals surface area contributed by atoms with E-state index in [1.165, 1.54) is 23.0 Å². The lowest BCUT2D eigenvalue weighted by Gasteiger charge is -2.20. The molecule has 15 heteroatoms. The van der Waals surface area contributed by atoms with Crippen molar-refractivity contribution in [2.75, 3.05) is 7.11 Å². The number of nitrogens with zero attached hydrogens (tertiary/aromatic N) is 2. The first-order valence-corrected chi connectivity index (χ1v) is 11.0. The molecule has 2 aromatic carbocycles. The molecule has 1 aromatic heterocycles. The second-order valence-corrected chi connectivity index (χ2v) is 8.78. The summed E-state index contributed by atoms with van der Waals surface area (Å²) in [6.07, 6.45) is -2.59. The lowest BCUT2D eigenvalue weighted by Crippen LogP contribution is -2.29. The van der Waals surface area contributed by atoms with Gasteiger partial charge in [0, 0.05) is 12.4 Å². The number of aromatic nitrogens is 2. The second kappa shape index (κ2) is 9.41. The fraction of sp³-hybridized carbons (Fsp3) is 0.200. The van der Waals surface area contributed by atoms with Gasteiger partial charge in [-0.25, -0.2) is 9.48 Å². The smallest absolute Gasteiger partial charge is 0.465 e. The molecule has 0 saturated heterocycles. The molecule has 0 amide bonds. The maximum absolute atomic E-state index is 13.9. The van der Waals surface area contributed by atoms with Crippen LogP contribution in [0, 0.1) is 0 Å². The van der Waals surface area contributed by atoms with Crippen molar-refractivity contribution in [1.82, 2.24) is 9.78 Å². The molecule has 7 nitrogen and oxygen atoms in total. The number of hydrogen-bond acceptors (Lipinski definition) is 6. The highest BCUT2D eigenvalue weighted by Crippen LogP contribution is 2.45.